The number of carbonyl (C=O) groups excluding carboxylic acids is 2. The van der Waals surface area contributed by atoms with Crippen LogP contribution < -0.4 is 0 Å². The van der Waals surface area contributed by atoms with E-state index in [9.17, 15) is 14.7 Å². The first-order valence-electron chi connectivity index (χ1n) is 9.55. The quantitative estimate of drug-likeness (QED) is 0.403. The second kappa shape index (κ2) is 8.93. The van der Waals surface area contributed by atoms with Gasteiger partial charge in [-0.25, -0.2) is 0 Å². The number of likely N-dealkylation sites (tertiary alicyclic amines) is 1. The molecule has 0 unspecified atom stereocenters. The minimum atomic E-state index is -0.641. The molecule has 1 aliphatic rings. The summed E-state index contributed by atoms with van der Waals surface area (Å²) in [5.41, 5.74) is 2.51. The summed E-state index contributed by atoms with van der Waals surface area (Å²) < 4.78 is 0.851. The van der Waals surface area contributed by atoms with E-state index in [4.69, 9.17) is 0 Å². The maximum absolute atomic E-state index is 12.9. The van der Waals surface area contributed by atoms with E-state index in [0.29, 0.717) is 12.1 Å². The molecule has 2 aromatic rings. The molecule has 1 heterocycles. The molecule has 1 N–H and O–H groups in total. The number of aliphatic hydroxyl groups is 1. The van der Waals surface area contributed by atoms with E-state index in [1.807, 2.05) is 62.3 Å². The number of hydrogen-bond acceptors (Lipinski definition) is 4. The Labute approximate surface area is 179 Å². The van der Waals surface area contributed by atoms with Gasteiger partial charge in [-0.1, -0.05) is 57.9 Å². The number of amides is 1. The fourth-order valence-electron chi connectivity index (χ4n) is 3.56. The van der Waals surface area contributed by atoms with Crippen LogP contribution in [0.15, 0.2) is 58.6 Å². The Kier molecular flexibility index (Phi) is 6.55. The van der Waals surface area contributed by atoms with Gasteiger partial charge in [-0.2, -0.15) is 0 Å². The monoisotopic (exact) mass is 456 g/mol. The fraction of sp³-hybridized carbons (Fsp3) is 0.304. The molecule has 3 rings (SSSR count). The number of benzene rings is 2. The zero-order chi connectivity index (χ0) is 21.1. The van der Waals surface area contributed by atoms with Crippen molar-refractivity contribution in [2.45, 2.75) is 19.4 Å². The Morgan fingerprint density at radius 1 is 1.14 bits per heavy atom. The van der Waals surface area contributed by atoms with Gasteiger partial charge in [0.15, 0.2) is 0 Å². The molecule has 6 heteroatoms. The minimum Gasteiger partial charge on any atom is -0.507 e. The Hall–Kier alpha value is -2.44. The average Bonchev–Trinajstić information content (AvgIpc) is 2.93. The van der Waals surface area contributed by atoms with Gasteiger partial charge in [-0.3, -0.25) is 9.59 Å². The average molecular weight is 457 g/mol. The summed E-state index contributed by atoms with van der Waals surface area (Å²) in [6.07, 6.45) is 0.731. The molecule has 152 valence electrons. The van der Waals surface area contributed by atoms with Gasteiger partial charge in [0.25, 0.3) is 11.7 Å². The van der Waals surface area contributed by atoms with Gasteiger partial charge in [0.2, 0.25) is 0 Å². The van der Waals surface area contributed by atoms with Crippen molar-refractivity contribution in [2.24, 2.45) is 0 Å². The largest absolute Gasteiger partial charge is 0.507 e. The van der Waals surface area contributed by atoms with Crippen LogP contribution in [0.3, 0.4) is 0 Å². The molecular formula is C23H25BrN2O3. The number of rotatable bonds is 6. The lowest BCUT2D eigenvalue weighted by molar-refractivity contribution is -0.139. The molecule has 1 atom stereocenters. The van der Waals surface area contributed by atoms with Crippen molar-refractivity contribution in [3.05, 3.63) is 75.3 Å². The molecule has 29 heavy (non-hydrogen) atoms. The van der Waals surface area contributed by atoms with Crippen LogP contribution in [-0.4, -0.2) is 53.8 Å². The van der Waals surface area contributed by atoms with Gasteiger partial charge in [0, 0.05) is 16.6 Å². The summed E-state index contributed by atoms with van der Waals surface area (Å²) in [5, 5.41) is 11.0. The van der Waals surface area contributed by atoms with Gasteiger partial charge in [-0.05, 0) is 51.7 Å². The Morgan fingerprint density at radius 3 is 2.45 bits per heavy atom. The lowest BCUT2D eigenvalue weighted by Crippen LogP contribution is -2.32. The summed E-state index contributed by atoms with van der Waals surface area (Å²) in [6.45, 7) is 3.19. The fourth-order valence-corrected chi connectivity index (χ4v) is 3.98. The number of aryl methyl sites for hydroxylation is 1. The summed E-state index contributed by atoms with van der Waals surface area (Å²) in [6, 6.07) is 14.2. The van der Waals surface area contributed by atoms with E-state index in [2.05, 4.69) is 15.9 Å². The van der Waals surface area contributed by atoms with Crippen LogP contribution in [0.5, 0.6) is 0 Å². The van der Waals surface area contributed by atoms with Gasteiger partial charge < -0.3 is 14.9 Å². The maximum atomic E-state index is 12.9. The number of ketones is 1. The normalized spacial score (nSPS) is 18.7. The van der Waals surface area contributed by atoms with E-state index in [1.54, 1.807) is 17.0 Å². The molecule has 1 amide bonds. The third kappa shape index (κ3) is 4.60. The van der Waals surface area contributed by atoms with E-state index in [0.717, 1.165) is 28.6 Å². The van der Waals surface area contributed by atoms with Crippen LogP contribution in [0.4, 0.5) is 0 Å². The van der Waals surface area contributed by atoms with Gasteiger partial charge in [-0.15, -0.1) is 0 Å². The standard InChI is InChI=1S/C23H25BrN2O3/c1-15-8-10-16(11-9-15)21(27)19-20(17-6-4-7-18(24)14-17)26(23(29)22(19)28)13-5-12-25(2)3/h4,6-11,14,20,27H,5,12-13H2,1-3H3/b21-19+/t20-/m1/s1. The first-order valence-corrected chi connectivity index (χ1v) is 10.3. The predicted molar refractivity (Wildman–Crippen MR) is 118 cm³/mol. The Balaban J connectivity index is 2.09. The highest BCUT2D eigenvalue weighted by atomic mass is 79.9. The summed E-state index contributed by atoms with van der Waals surface area (Å²) in [7, 11) is 3.94. The smallest absolute Gasteiger partial charge is 0.295 e. The molecule has 0 saturated carbocycles. The Bertz CT molecular complexity index is 951. The number of hydrogen-bond donors (Lipinski definition) is 1. The van der Waals surface area contributed by atoms with Crippen LogP contribution in [0, 0.1) is 6.92 Å². The zero-order valence-electron chi connectivity index (χ0n) is 16.9. The van der Waals surface area contributed by atoms with Crippen LogP contribution in [0.2, 0.25) is 0 Å². The molecule has 0 radical (unpaired) electrons. The number of nitrogens with zero attached hydrogens (tertiary/aromatic N) is 2. The van der Waals surface area contributed by atoms with Gasteiger partial charge in [0.1, 0.15) is 5.76 Å². The first kappa shape index (κ1) is 21.3. The first-order chi connectivity index (χ1) is 13.8. The van der Waals surface area contributed by atoms with Crippen LogP contribution >= 0.6 is 15.9 Å². The number of carbonyl (C=O) groups is 2. The highest BCUT2D eigenvalue weighted by Crippen LogP contribution is 2.40. The lowest BCUT2D eigenvalue weighted by Gasteiger charge is -2.26. The van der Waals surface area contributed by atoms with E-state index in [-0.39, 0.29) is 11.3 Å². The third-order valence-corrected chi connectivity index (χ3v) is 5.53. The Morgan fingerprint density at radius 2 is 1.83 bits per heavy atom. The molecule has 1 fully saturated rings. The van der Waals surface area contributed by atoms with Gasteiger partial charge in [0.05, 0.1) is 11.6 Å². The minimum absolute atomic E-state index is 0.136. The number of Topliss-reactive ketones (excluding diaryl/α,β-unsaturated/α-hetero) is 1. The van der Waals surface area contributed by atoms with Crippen molar-refractivity contribution in [1.82, 2.24) is 9.80 Å². The van der Waals surface area contributed by atoms with Gasteiger partial charge >= 0.3 is 0 Å². The number of halogens is 1. The molecular weight excluding hydrogens is 432 g/mol. The summed E-state index contributed by atoms with van der Waals surface area (Å²) >= 11 is 3.47. The van der Waals surface area contributed by atoms with Crippen molar-refractivity contribution in [3.63, 3.8) is 0 Å². The topological polar surface area (TPSA) is 60.9 Å². The molecule has 0 bridgehead atoms. The van der Waals surface area contributed by atoms with Crippen molar-refractivity contribution in [3.8, 4) is 0 Å². The van der Waals surface area contributed by atoms with Crippen molar-refractivity contribution in [2.75, 3.05) is 27.2 Å². The molecule has 0 spiro atoms. The van der Waals surface area contributed by atoms with E-state index >= 15 is 0 Å². The van der Waals surface area contributed by atoms with Crippen molar-refractivity contribution in [1.29, 1.82) is 0 Å². The number of aliphatic hydroxyl groups excluding tert-OH is 1. The summed E-state index contributed by atoms with van der Waals surface area (Å²) in [5.74, 6) is -1.34. The highest BCUT2D eigenvalue weighted by molar-refractivity contribution is 9.10. The van der Waals surface area contributed by atoms with Crippen LogP contribution in [0.25, 0.3) is 5.76 Å². The highest BCUT2D eigenvalue weighted by Gasteiger charge is 2.45. The second-order valence-electron chi connectivity index (χ2n) is 7.57. The SMILES string of the molecule is Cc1ccc(/C(O)=C2\C(=O)C(=O)N(CCCN(C)C)[C@@H]2c2cccc(Br)c2)cc1. The van der Waals surface area contributed by atoms with E-state index in [1.165, 1.54) is 0 Å². The van der Waals surface area contributed by atoms with E-state index < -0.39 is 17.7 Å². The molecule has 5 nitrogen and oxygen atoms in total. The lowest BCUT2D eigenvalue weighted by atomic mass is 9.95. The second-order valence-corrected chi connectivity index (χ2v) is 8.49. The van der Waals surface area contributed by atoms with Crippen molar-refractivity contribution < 1.29 is 14.7 Å². The molecule has 1 aliphatic heterocycles. The molecule has 0 aliphatic carbocycles. The predicted octanol–water partition coefficient (Wildman–Crippen LogP) is 4.13. The molecule has 1 saturated heterocycles. The van der Waals surface area contributed by atoms with Crippen LogP contribution in [-0.2, 0) is 9.59 Å². The summed E-state index contributed by atoms with van der Waals surface area (Å²) in [4.78, 5) is 29.4. The molecule has 0 aromatic heterocycles. The zero-order valence-corrected chi connectivity index (χ0v) is 18.4. The third-order valence-electron chi connectivity index (χ3n) is 5.03. The van der Waals surface area contributed by atoms with Crippen molar-refractivity contribution >= 4 is 33.4 Å². The maximum Gasteiger partial charge on any atom is 0.295 e. The molecule has 2 aromatic carbocycles. The van der Waals surface area contributed by atoms with Crippen LogP contribution in [0.1, 0.15) is 29.2 Å².